The molecule has 2 N–H and O–H groups in total. The first-order valence-electron chi connectivity index (χ1n) is 10.9. The van der Waals surface area contributed by atoms with E-state index in [9.17, 15) is 9.59 Å². The predicted octanol–water partition coefficient (Wildman–Crippen LogP) is 5.59. The smallest absolute Gasteiger partial charge is 0.332 e. The van der Waals surface area contributed by atoms with Gasteiger partial charge in [-0.1, -0.05) is 58.9 Å². The van der Waals surface area contributed by atoms with Gasteiger partial charge in [-0.2, -0.15) is 0 Å². The minimum atomic E-state index is -0.861. The van der Waals surface area contributed by atoms with Crippen molar-refractivity contribution in [3.05, 3.63) is 19.6 Å². The number of ether oxygens (including phenoxy) is 2. The Bertz CT molecular complexity index is 401. The number of aliphatic carboxylic acids is 2. The quantitative estimate of drug-likeness (QED) is 0.348. The van der Waals surface area contributed by atoms with Gasteiger partial charge in [0.1, 0.15) is 0 Å². The summed E-state index contributed by atoms with van der Waals surface area (Å²) in [6, 6.07) is 0. The first-order valence-corrected chi connectivity index (χ1v) is 22.0. The summed E-state index contributed by atoms with van der Waals surface area (Å²) < 4.78 is 9.63. The Labute approximate surface area is 213 Å². The Balaban J connectivity index is -0.000000156. The number of carbonyl (C=O) groups is 2. The number of hydrogen-bond donors (Lipinski definition) is 2. The summed E-state index contributed by atoms with van der Waals surface area (Å²) >= 11 is 0. The van der Waals surface area contributed by atoms with E-state index in [0.29, 0.717) is 26.1 Å². The molecule has 0 spiro atoms. The van der Waals surface area contributed by atoms with Crippen LogP contribution in [0.3, 0.4) is 0 Å². The van der Waals surface area contributed by atoms with Crippen LogP contribution in [0.15, 0.2) is 0 Å². The number of carboxylic acids is 2. The number of carboxylic acid groups (broad SMARTS) is 2. The molecule has 2 unspecified atom stereocenters. The molecule has 6 nitrogen and oxygen atoms in total. The summed E-state index contributed by atoms with van der Waals surface area (Å²) in [7, 11) is -2.58. The van der Waals surface area contributed by atoms with Crippen LogP contribution in [0.5, 0.6) is 0 Å². The monoisotopic (exact) mass is 544 g/mol. The zero-order valence-electron chi connectivity index (χ0n) is 22.0. The summed E-state index contributed by atoms with van der Waals surface area (Å²) in [5.41, 5.74) is 0. The topological polar surface area (TPSA) is 93.1 Å². The van der Waals surface area contributed by atoms with Crippen LogP contribution in [0.25, 0.3) is 0 Å². The third kappa shape index (κ3) is 52.2. The third-order valence-electron chi connectivity index (χ3n) is 2.41. The molecule has 0 bridgehead atoms. The maximum absolute atomic E-state index is 10.1. The fraction of sp³-hybridized carbons (Fsp3) is 0.773. The van der Waals surface area contributed by atoms with E-state index < -0.39 is 48.4 Å². The van der Waals surface area contributed by atoms with Gasteiger partial charge in [-0.05, 0) is 25.7 Å². The molecule has 10 heteroatoms. The average molecular weight is 545 g/mol. The van der Waals surface area contributed by atoms with Gasteiger partial charge in [0.15, 0.2) is 12.2 Å². The molecule has 0 aromatic rings. The minimum Gasteiger partial charge on any atom is -0.479 e. The Kier molecular flexibility index (Phi) is 23.8. The molecule has 2 rings (SSSR count). The molecular formula is C22H49O6Si3V-3. The van der Waals surface area contributed by atoms with E-state index in [4.69, 9.17) is 19.7 Å². The molecule has 0 saturated carbocycles. The van der Waals surface area contributed by atoms with Crippen molar-refractivity contribution in [2.45, 2.75) is 96.8 Å². The van der Waals surface area contributed by atoms with Gasteiger partial charge in [-0.15, -0.1) is 24.2 Å². The molecule has 2 heterocycles. The summed E-state index contributed by atoms with van der Waals surface area (Å²) in [4.78, 5) is 20.2. The van der Waals surface area contributed by atoms with E-state index in [-0.39, 0.29) is 18.6 Å². The zero-order chi connectivity index (χ0) is 25.5. The van der Waals surface area contributed by atoms with Crippen LogP contribution in [0.4, 0.5) is 0 Å². The largest absolute Gasteiger partial charge is 0.479 e. The van der Waals surface area contributed by atoms with Crippen molar-refractivity contribution in [3.63, 3.8) is 0 Å². The Hall–Kier alpha value is 0.0951. The van der Waals surface area contributed by atoms with E-state index in [0.717, 1.165) is 12.8 Å². The fourth-order valence-electron chi connectivity index (χ4n) is 1.54. The number of hydrogen-bond acceptors (Lipinski definition) is 4. The summed E-state index contributed by atoms with van der Waals surface area (Å²) in [6.45, 7) is 32.9. The van der Waals surface area contributed by atoms with Crippen molar-refractivity contribution in [2.24, 2.45) is 0 Å². The normalized spacial score (nSPS) is 19.8. The van der Waals surface area contributed by atoms with Crippen LogP contribution < -0.4 is 0 Å². The predicted molar refractivity (Wildman–Crippen MR) is 139 cm³/mol. The van der Waals surface area contributed by atoms with Crippen molar-refractivity contribution in [2.75, 3.05) is 13.2 Å². The summed E-state index contributed by atoms with van der Waals surface area (Å²) in [6.07, 6.45) is 2.09. The van der Waals surface area contributed by atoms with Crippen LogP contribution >= 0.6 is 0 Å². The molecule has 2 fully saturated rings. The van der Waals surface area contributed by atoms with Crippen molar-refractivity contribution in [3.8, 4) is 0 Å². The standard InChI is InChI=1S/2C5H8O3.3C4H11Si.V/c2*6-5(7)4-2-1-3-8-4;3*1-5(2,3)4;/h2*4H,1-3H2,(H,6,7);3*1H2,2-4H3;/q;;3*-1;. The maximum atomic E-state index is 10.1. The Morgan fingerprint density at radius 2 is 0.844 bits per heavy atom. The SMILES string of the molecule is O=C(O)C1CCCO1.O=C(O)C1CCCO1.[CH2-][Si](C)(C)C.[CH2-][Si](C)(C)C.[CH2-][Si](C)(C)C.[V]. The third-order valence-corrected chi connectivity index (χ3v) is 2.41. The van der Waals surface area contributed by atoms with Gasteiger partial charge in [0.25, 0.3) is 0 Å². The van der Waals surface area contributed by atoms with Gasteiger partial charge < -0.3 is 39.3 Å². The summed E-state index contributed by atoms with van der Waals surface area (Å²) in [5.74, 6) is -1.66. The van der Waals surface area contributed by atoms with Gasteiger partial charge in [0, 0.05) is 31.8 Å². The Morgan fingerprint density at radius 1 is 0.656 bits per heavy atom. The van der Waals surface area contributed by atoms with Gasteiger partial charge in [-0.3, -0.25) is 0 Å². The van der Waals surface area contributed by atoms with Crippen molar-refractivity contribution >= 4 is 36.2 Å². The van der Waals surface area contributed by atoms with Gasteiger partial charge in [0.2, 0.25) is 0 Å². The first kappa shape index (κ1) is 39.3. The fourth-order valence-corrected chi connectivity index (χ4v) is 1.54. The van der Waals surface area contributed by atoms with Crippen LogP contribution in [0.2, 0.25) is 58.9 Å². The summed E-state index contributed by atoms with van der Waals surface area (Å²) in [5, 5.41) is 16.6. The van der Waals surface area contributed by atoms with E-state index >= 15 is 0 Å². The molecule has 32 heavy (non-hydrogen) atoms. The molecule has 0 amide bonds. The second-order valence-corrected chi connectivity index (χ2v) is 26.7. The number of rotatable bonds is 2. The van der Waals surface area contributed by atoms with Gasteiger partial charge in [0.05, 0.1) is 0 Å². The first-order chi connectivity index (χ1) is 13.6. The van der Waals surface area contributed by atoms with Crippen LogP contribution in [0, 0.1) is 19.6 Å². The molecule has 193 valence electrons. The molecule has 2 saturated heterocycles. The van der Waals surface area contributed by atoms with E-state index in [1.54, 1.807) is 0 Å². The van der Waals surface area contributed by atoms with Crippen molar-refractivity contribution < 1.29 is 47.8 Å². The second kappa shape index (κ2) is 19.4. The minimum absolute atomic E-state index is 0. The van der Waals surface area contributed by atoms with Crippen LogP contribution in [0.1, 0.15) is 25.7 Å². The Morgan fingerprint density at radius 3 is 0.906 bits per heavy atom. The molecule has 2 aliphatic rings. The van der Waals surface area contributed by atoms with Gasteiger partial charge >= 0.3 is 11.9 Å². The molecule has 0 aliphatic carbocycles. The second-order valence-electron chi connectivity index (χ2n) is 11.4. The van der Waals surface area contributed by atoms with Gasteiger partial charge in [-0.25, -0.2) is 9.59 Å². The molecule has 2 aliphatic heterocycles. The maximum Gasteiger partial charge on any atom is 0.332 e. The zero-order valence-corrected chi connectivity index (χ0v) is 26.4. The van der Waals surface area contributed by atoms with E-state index in [2.05, 4.69) is 78.6 Å². The molecule has 0 aromatic carbocycles. The molecular weight excluding hydrogens is 495 g/mol. The van der Waals surface area contributed by atoms with E-state index in [1.165, 1.54) is 0 Å². The van der Waals surface area contributed by atoms with Crippen molar-refractivity contribution in [1.29, 1.82) is 0 Å². The van der Waals surface area contributed by atoms with Crippen LogP contribution in [-0.4, -0.2) is 71.8 Å². The molecule has 1 radical (unpaired) electrons. The average Bonchev–Trinajstić information content (AvgIpc) is 3.17. The molecule has 0 aromatic heterocycles. The van der Waals surface area contributed by atoms with Crippen molar-refractivity contribution in [1.82, 2.24) is 0 Å². The molecule has 2 atom stereocenters. The van der Waals surface area contributed by atoms with E-state index in [1.807, 2.05) is 0 Å². The van der Waals surface area contributed by atoms with Crippen LogP contribution in [-0.2, 0) is 37.6 Å².